The quantitative estimate of drug-likeness (QED) is 0.857. The van der Waals surface area contributed by atoms with Crippen molar-refractivity contribution in [2.24, 2.45) is 17.1 Å². The average molecular weight is 330 g/mol. The maximum absolute atomic E-state index is 10.6. The minimum atomic E-state index is -0.591. The van der Waals surface area contributed by atoms with E-state index in [4.69, 9.17) is 10.2 Å². The first-order valence-corrected chi connectivity index (χ1v) is 8.04. The minimum absolute atomic E-state index is 0.207. The molecule has 1 aliphatic rings. The van der Waals surface area contributed by atoms with Gasteiger partial charge < -0.3 is 15.3 Å². The summed E-state index contributed by atoms with van der Waals surface area (Å²) < 4.78 is 6.17. The predicted molar refractivity (Wildman–Crippen MR) is 79.7 cm³/mol. The average Bonchev–Trinajstić information content (AvgIpc) is 2.86. The highest BCUT2D eigenvalue weighted by atomic mass is 79.9. The maximum atomic E-state index is 10.6. The summed E-state index contributed by atoms with van der Waals surface area (Å²) >= 11 is 3.29. The zero-order valence-corrected chi connectivity index (χ0v) is 13.2. The third-order valence-electron chi connectivity index (χ3n) is 4.65. The fourth-order valence-corrected chi connectivity index (χ4v) is 3.63. The fraction of sp³-hybridized carbons (Fsp3) is 0.733. The number of halogens is 1. The molecule has 1 fully saturated rings. The van der Waals surface area contributed by atoms with E-state index >= 15 is 0 Å². The summed E-state index contributed by atoms with van der Waals surface area (Å²) in [4.78, 5) is 0. The molecule has 3 N–H and O–H groups in total. The summed E-state index contributed by atoms with van der Waals surface area (Å²) in [5.74, 6) is 1.44. The van der Waals surface area contributed by atoms with Crippen LogP contribution in [-0.2, 0) is 0 Å². The second kappa shape index (κ2) is 6.42. The molecule has 0 aromatic carbocycles. The zero-order chi connectivity index (χ0) is 13.9. The Hall–Kier alpha value is -0.320. The molecule has 0 spiro atoms. The van der Waals surface area contributed by atoms with Crippen LogP contribution in [0, 0.1) is 11.3 Å². The minimum Gasteiger partial charge on any atom is -0.452 e. The van der Waals surface area contributed by atoms with E-state index in [1.165, 1.54) is 25.7 Å². The molecule has 0 bridgehead atoms. The van der Waals surface area contributed by atoms with Crippen LogP contribution in [0.2, 0.25) is 0 Å². The molecule has 108 valence electrons. The third kappa shape index (κ3) is 3.23. The molecule has 0 amide bonds. The largest absolute Gasteiger partial charge is 0.452 e. The normalized spacial score (nSPS) is 29.4. The van der Waals surface area contributed by atoms with E-state index in [9.17, 15) is 5.11 Å². The molecule has 1 unspecified atom stereocenters. The van der Waals surface area contributed by atoms with Crippen LogP contribution in [-0.4, -0.2) is 11.7 Å². The Balaban J connectivity index is 2.07. The van der Waals surface area contributed by atoms with Crippen molar-refractivity contribution in [3.8, 4) is 0 Å². The molecule has 0 radical (unpaired) electrons. The standard InChI is InChI=1S/C15H24BrNO2/c1-2-3-11-6-8-15(10-17,9-7-11)14(18)12-4-5-13(16)19-12/h4-5,11,14,18H,2-3,6-10,17H2,1H3. The van der Waals surface area contributed by atoms with Crippen LogP contribution >= 0.6 is 15.9 Å². The molecule has 1 heterocycles. The van der Waals surface area contributed by atoms with Gasteiger partial charge in [0.1, 0.15) is 11.9 Å². The molecule has 2 rings (SSSR count). The molecule has 1 aliphatic carbocycles. The first-order chi connectivity index (χ1) is 9.11. The Morgan fingerprint density at radius 2 is 2.16 bits per heavy atom. The number of hydrogen-bond acceptors (Lipinski definition) is 3. The SMILES string of the molecule is CCCC1CCC(CN)(C(O)c2ccc(Br)o2)CC1. The van der Waals surface area contributed by atoms with Gasteiger partial charge in [-0.1, -0.05) is 19.8 Å². The monoisotopic (exact) mass is 329 g/mol. The van der Waals surface area contributed by atoms with Crippen LogP contribution in [0.3, 0.4) is 0 Å². The van der Waals surface area contributed by atoms with Crippen LogP contribution in [0.15, 0.2) is 21.2 Å². The van der Waals surface area contributed by atoms with Gasteiger partial charge in [-0.05, 0) is 59.7 Å². The smallest absolute Gasteiger partial charge is 0.169 e. The van der Waals surface area contributed by atoms with Gasteiger partial charge in [0.2, 0.25) is 0 Å². The fourth-order valence-electron chi connectivity index (χ4n) is 3.32. The Labute approximate surface area is 123 Å². The van der Waals surface area contributed by atoms with E-state index in [1.807, 2.05) is 12.1 Å². The highest BCUT2D eigenvalue weighted by Gasteiger charge is 2.42. The highest BCUT2D eigenvalue weighted by Crippen LogP contribution is 2.48. The first kappa shape index (κ1) is 15.1. The second-order valence-corrected chi connectivity index (χ2v) is 6.62. The van der Waals surface area contributed by atoms with Gasteiger partial charge >= 0.3 is 0 Å². The summed E-state index contributed by atoms with van der Waals surface area (Å²) in [6, 6.07) is 3.66. The lowest BCUT2D eigenvalue weighted by atomic mass is 9.66. The molecule has 4 heteroatoms. The van der Waals surface area contributed by atoms with Crippen molar-refractivity contribution in [2.45, 2.75) is 51.6 Å². The van der Waals surface area contributed by atoms with Gasteiger partial charge in [0.05, 0.1) is 0 Å². The molecule has 1 saturated carbocycles. The highest BCUT2D eigenvalue weighted by molar-refractivity contribution is 9.10. The Bertz CT molecular complexity index is 397. The Morgan fingerprint density at radius 1 is 1.47 bits per heavy atom. The van der Waals surface area contributed by atoms with E-state index in [0.29, 0.717) is 17.0 Å². The van der Waals surface area contributed by atoms with Gasteiger partial charge in [0.25, 0.3) is 0 Å². The molecule has 19 heavy (non-hydrogen) atoms. The van der Waals surface area contributed by atoms with E-state index in [0.717, 1.165) is 18.8 Å². The van der Waals surface area contributed by atoms with Crippen LogP contribution in [0.25, 0.3) is 0 Å². The van der Waals surface area contributed by atoms with Crippen molar-refractivity contribution in [1.82, 2.24) is 0 Å². The zero-order valence-electron chi connectivity index (χ0n) is 11.6. The number of aliphatic hydroxyl groups is 1. The molecule has 0 aliphatic heterocycles. The van der Waals surface area contributed by atoms with E-state index in [-0.39, 0.29) is 5.41 Å². The van der Waals surface area contributed by atoms with Crippen molar-refractivity contribution < 1.29 is 9.52 Å². The lowest BCUT2D eigenvalue weighted by Gasteiger charge is -2.42. The first-order valence-electron chi connectivity index (χ1n) is 7.24. The molecule has 1 aromatic rings. The summed E-state index contributed by atoms with van der Waals surface area (Å²) in [5.41, 5.74) is 5.78. The number of rotatable bonds is 5. The Kier molecular flexibility index (Phi) is 5.09. The summed E-state index contributed by atoms with van der Waals surface area (Å²) in [5, 5.41) is 10.6. The van der Waals surface area contributed by atoms with Crippen molar-refractivity contribution in [1.29, 1.82) is 0 Å². The van der Waals surface area contributed by atoms with Crippen LogP contribution in [0.4, 0.5) is 0 Å². The summed E-state index contributed by atoms with van der Waals surface area (Å²) in [7, 11) is 0. The van der Waals surface area contributed by atoms with Gasteiger partial charge in [-0.15, -0.1) is 0 Å². The van der Waals surface area contributed by atoms with Crippen LogP contribution in [0.1, 0.15) is 57.3 Å². The van der Waals surface area contributed by atoms with Crippen LogP contribution < -0.4 is 5.73 Å². The van der Waals surface area contributed by atoms with Gasteiger partial charge in [-0.3, -0.25) is 0 Å². The number of furan rings is 1. The van der Waals surface area contributed by atoms with E-state index in [2.05, 4.69) is 22.9 Å². The summed E-state index contributed by atoms with van der Waals surface area (Å²) in [6.07, 6.45) is 6.28. The second-order valence-electron chi connectivity index (χ2n) is 5.84. The number of aliphatic hydroxyl groups excluding tert-OH is 1. The van der Waals surface area contributed by atoms with Gasteiger partial charge in [0.15, 0.2) is 4.67 Å². The molecule has 0 saturated heterocycles. The molecular weight excluding hydrogens is 306 g/mol. The topological polar surface area (TPSA) is 59.4 Å². The molecule has 1 atom stereocenters. The van der Waals surface area contributed by atoms with Crippen LogP contribution in [0.5, 0.6) is 0 Å². The molecular formula is C15H24BrNO2. The molecule has 3 nitrogen and oxygen atoms in total. The van der Waals surface area contributed by atoms with Gasteiger partial charge in [-0.25, -0.2) is 0 Å². The lowest BCUT2D eigenvalue weighted by molar-refractivity contribution is -0.0238. The third-order valence-corrected chi connectivity index (χ3v) is 5.07. The Morgan fingerprint density at radius 3 is 2.63 bits per heavy atom. The van der Waals surface area contributed by atoms with Gasteiger partial charge in [0, 0.05) is 12.0 Å². The van der Waals surface area contributed by atoms with Crippen molar-refractivity contribution in [3.63, 3.8) is 0 Å². The lowest BCUT2D eigenvalue weighted by Crippen LogP contribution is -2.40. The van der Waals surface area contributed by atoms with E-state index < -0.39 is 6.10 Å². The molecule has 1 aromatic heterocycles. The maximum Gasteiger partial charge on any atom is 0.169 e. The van der Waals surface area contributed by atoms with Crippen molar-refractivity contribution in [3.05, 3.63) is 22.6 Å². The summed E-state index contributed by atoms with van der Waals surface area (Å²) in [6.45, 7) is 2.76. The predicted octanol–water partition coefficient (Wildman–Crippen LogP) is 4.01. The van der Waals surface area contributed by atoms with Gasteiger partial charge in [-0.2, -0.15) is 0 Å². The van der Waals surface area contributed by atoms with E-state index in [1.54, 1.807) is 0 Å². The van der Waals surface area contributed by atoms with Crippen molar-refractivity contribution >= 4 is 15.9 Å². The number of hydrogen-bond donors (Lipinski definition) is 2. The number of nitrogens with two attached hydrogens (primary N) is 1. The van der Waals surface area contributed by atoms with Crippen molar-refractivity contribution in [2.75, 3.05) is 6.54 Å².